The quantitative estimate of drug-likeness (QED) is 0.514. The molecule has 0 radical (unpaired) electrons. The summed E-state index contributed by atoms with van der Waals surface area (Å²) >= 11 is 0. The summed E-state index contributed by atoms with van der Waals surface area (Å²) in [6, 6.07) is 15.7. The molecular formula is C19H28ClN5O2. The van der Waals surface area contributed by atoms with Gasteiger partial charge in [-0.2, -0.15) is 5.10 Å². The van der Waals surface area contributed by atoms with Crippen molar-refractivity contribution in [3.05, 3.63) is 59.7 Å². The Morgan fingerprint density at radius 3 is 2.07 bits per heavy atom. The van der Waals surface area contributed by atoms with Crippen LogP contribution < -0.4 is 26.5 Å². The van der Waals surface area contributed by atoms with E-state index >= 15 is 0 Å². The molecule has 0 bridgehead atoms. The van der Waals surface area contributed by atoms with Gasteiger partial charge in [0.2, 0.25) is 0 Å². The number of ether oxygens (including phenoxy) is 2. The molecule has 0 unspecified atom stereocenters. The van der Waals surface area contributed by atoms with E-state index in [9.17, 15) is 0 Å². The van der Waals surface area contributed by atoms with Crippen molar-refractivity contribution < 1.29 is 9.47 Å². The number of benzene rings is 2. The molecule has 1 aliphatic heterocycles. The lowest BCUT2D eigenvalue weighted by Crippen LogP contribution is -2.21. The van der Waals surface area contributed by atoms with Crippen LogP contribution >= 0.6 is 12.4 Å². The molecule has 0 fully saturated rings. The van der Waals surface area contributed by atoms with Crippen LogP contribution in [0.1, 0.15) is 17.5 Å². The molecule has 1 aliphatic rings. The Labute approximate surface area is 166 Å². The molecule has 0 aliphatic carbocycles. The highest BCUT2D eigenvalue weighted by atomic mass is 35.5. The van der Waals surface area contributed by atoms with Gasteiger partial charge in [-0.05, 0) is 12.1 Å². The first-order chi connectivity index (χ1) is 12.7. The van der Waals surface area contributed by atoms with E-state index in [2.05, 4.69) is 10.5 Å². The van der Waals surface area contributed by atoms with Gasteiger partial charge in [-0.15, -0.1) is 12.4 Å². The van der Waals surface area contributed by atoms with E-state index in [0.29, 0.717) is 12.4 Å². The van der Waals surface area contributed by atoms with E-state index in [1.807, 2.05) is 53.5 Å². The third-order valence-corrected chi connectivity index (χ3v) is 3.93. The number of hydrazine groups is 1. The molecule has 27 heavy (non-hydrogen) atoms. The van der Waals surface area contributed by atoms with Crippen LogP contribution in [0.5, 0.6) is 11.5 Å². The number of methoxy groups -OCH3 is 2. The van der Waals surface area contributed by atoms with Gasteiger partial charge in [-0.3, -0.25) is 16.3 Å². The number of nitrogens with two attached hydrogens (primary N) is 2. The third-order valence-electron chi connectivity index (χ3n) is 3.93. The van der Waals surface area contributed by atoms with E-state index in [4.69, 9.17) is 21.1 Å². The Balaban J connectivity index is 0.000000273. The Morgan fingerprint density at radius 2 is 1.56 bits per heavy atom. The summed E-state index contributed by atoms with van der Waals surface area (Å²) in [6.45, 7) is 2.28. The number of amidine groups is 1. The second kappa shape index (κ2) is 12.0. The maximum absolute atomic E-state index is 5.63. The molecular weight excluding hydrogens is 366 g/mol. The molecule has 0 aromatic heterocycles. The average Bonchev–Trinajstić information content (AvgIpc) is 3.08. The highest BCUT2D eigenvalue weighted by Gasteiger charge is 2.13. The zero-order chi connectivity index (χ0) is 18.8. The average molecular weight is 394 g/mol. The summed E-state index contributed by atoms with van der Waals surface area (Å²) in [5, 5.41) is 6.20. The molecule has 1 heterocycles. The van der Waals surface area contributed by atoms with Crippen LogP contribution in [0, 0.1) is 0 Å². The zero-order valence-electron chi connectivity index (χ0n) is 15.7. The summed E-state index contributed by atoms with van der Waals surface area (Å²) in [6.07, 6.45) is 0.856. The van der Waals surface area contributed by atoms with Gasteiger partial charge in [0.25, 0.3) is 0 Å². The molecule has 0 atom stereocenters. The standard InChI is InChI=1S/C11H15N3O.C8H12N2O.ClH/c1-15-10-5-3-2-4-9(10)8-14-7-6-11(12)13-14;1-11-8-5-3-2-4-7(8)6-10-9;/h2-5H,6-8H2,1H3,(H2,12,13);2-5,10H,6,9H2,1H3;1H. The Morgan fingerprint density at radius 1 is 1.00 bits per heavy atom. The fourth-order valence-electron chi connectivity index (χ4n) is 2.63. The summed E-state index contributed by atoms with van der Waals surface area (Å²) in [5.74, 6) is 7.66. The van der Waals surface area contributed by atoms with Crippen molar-refractivity contribution in [3.63, 3.8) is 0 Å². The van der Waals surface area contributed by atoms with Crippen LogP contribution in [0.2, 0.25) is 0 Å². The molecule has 0 spiro atoms. The fourth-order valence-corrected chi connectivity index (χ4v) is 2.63. The van der Waals surface area contributed by atoms with Crippen LogP contribution in [0.25, 0.3) is 0 Å². The molecule has 2 aromatic carbocycles. The second-order valence-corrected chi connectivity index (χ2v) is 5.73. The number of nitrogens with one attached hydrogen (secondary N) is 1. The number of hydrogen-bond acceptors (Lipinski definition) is 7. The summed E-state index contributed by atoms with van der Waals surface area (Å²) in [7, 11) is 3.33. The van der Waals surface area contributed by atoms with E-state index in [0.717, 1.165) is 42.1 Å². The van der Waals surface area contributed by atoms with E-state index in [1.54, 1.807) is 14.2 Å². The van der Waals surface area contributed by atoms with Crippen LogP contribution in [0.3, 0.4) is 0 Å². The van der Waals surface area contributed by atoms with Gasteiger partial charge in [-0.25, -0.2) is 0 Å². The van der Waals surface area contributed by atoms with Crippen molar-refractivity contribution >= 4 is 18.2 Å². The molecule has 148 valence electrons. The van der Waals surface area contributed by atoms with Crippen molar-refractivity contribution in [1.82, 2.24) is 10.4 Å². The molecule has 5 N–H and O–H groups in total. The molecule has 2 aromatic rings. The van der Waals surface area contributed by atoms with E-state index in [-0.39, 0.29) is 12.4 Å². The van der Waals surface area contributed by atoms with Crippen molar-refractivity contribution in [2.45, 2.75) is 19.5 Å². The number of hydrazone groups is 1. The van der Waals surface area contributed by atoms with Crippen molar-refractivity contribution in [2.24, 2.45) is 16.7 Å². The van der Waals surface area contributed by atoms with Crippen LogP contribution in [-0.2, 0) is 13.1 Å². The van der Waals surface area contributed by atoms with E-state index in [1.165, 1.54) is 0 Å². The minimum Gasteiger partial charge on any atom is -0.496 e. The third kappa shape index (κ3) is 6.97. The lowest BCUT2D eigenvalue weighted by atomic mass is 10.2. The molecule has 7 nitrogen and oxygen atoms in total. The minimum absolute atomic E-state index is 0. The van der Waals surface area contributed by atoms with Gasteiger partial charge in [-0.1, -0.05) is 36.4 Å². The highest BCUT2D eigenvalue weighted by Crippen LogP contribution is 2.20. The molecule has 0 amide bonds. The topological polar surface area (TPSA) is 98.1 Å². The Kier molecular flexibility index (Phi) is 10.0. The number of rotatable bonds is 6. The lowest BCUT2D eigenvalue weighted by molar-refractivity contribution is 0.302. The van der Waals surface area contributed by atoms with Gasteiger partial charge < -0.3 is 15.2 Å². The summed E-state index contributed by atoms with van der Waals surface area (Å²) in [4.78, 5) is 0. The summed E-state index contributed by atoms with van der Waals surface area (Å²) in [5.41, 5.74) is 10.4. The molecule has 3 rings (SSSR count). The first kappa shape index (κ1) is 22.6. The SMILES string of the molecule is COc1ccccc1CN1CCC(N)=N1.COc1ccccc1CNN.Cl. The van der Waals surface area contributed by atoms with E-state index < -0.39 is 0 Å². The second-order valence-electron chi connectivity index (χ2n) is 5.73. The largest absolute Gasteiger partial charge is 0.496 e. The zero-order valence-corrected chi connectivity index (χ0v) is 16.5. The predicted molar refractivity (Wildman–Crippen MR) is 111 cm³/mol. The Hall–Kier alpha value is -2.48. The fraction of sp³-hybridized carbons (Fsp3) is 0.316. The van der Waals surface area contributed by atoms with Crippen molar-refractivity contribution in [3.8, 4) is 11.5 Å². The monoisotopic (exact) mass is 393 g/mol. The normalized spacial score (nSPS) is 12.4. The van der Waals surface area contributed by atoms with Gasteiger partial charge >= 0.3 is 0 Å². The van der Waals surface area contributed by atoms with Gasteiger partial charge in [0.1, 0.15) is 17.3 Å². The Bertz CT molecular complexity index is 727. The van der Waals surface area contributed by atoms with Crippen LogP contribution in [-0.4, -0.2) is 31.6 Å². The highest BCUT2D eigenvalue weighted by molar-refractivity contribution is 5.85. The number of halogens is 1. The smallest absolute Gasteiger partial charge is 0.123 e. The van der Waals surface area contributed by atoms with Crippen LogP contribution in [0.15, 0.2) is 53.6 Å². The van der Waals surface area contributed by atoms with Gasteiger partial charge in [0.05, 0.1) is 20.8 Å². The molecule has 8 heteroatoms. The van der Waals surface area contributed by atoms with Crippen molar-refractivity contribution in [2.75, 3.05) is 20.8 Å². The van der Waals surface area contributed by atoms with Crippen LogP contribution in [0.4, 0.5) is 0 Å². The maximum atomic E-state index is 5.63. The van der Waals surface area contributed by atoms with Gasteiger partial charge in [0, 0.05) is 30.6 Å². The first-order valence-electron chi connectivity index (χ1n) is 8.43. The number of nitrogens with zero attached hydrogens (tertiary/aromatic N) is 2. The number of para-hydroxylation sites is 2. The maximum Gasteiger partial charge on any atom is 0.123 e. The van der Waals surface area contributed by atoms with Crippen molar-refractivity contribution in [1.29, 1.82) is 0 Å². The molecule has 0 saturated heterocycles. The molecule has 0 saturated carbocycles. The van der Waals surface area contributed by atoms with Gasteiger partial charge in [0.15, 0.2) is 0 Å². The summed E-state index contributed by atoms with van der Waals surface area (Å²) < 4.78 is 10.4. The lowest BCUT2D eigenvalue weighted by Gasteiger charge is -2.15. The first-order valence-corrected chi connectivity index (χ1v) is 8.43. The predicted octanol–water partition coefficient (Wildman–Crippen LogP) is 2.25. The number of hydrogen-bond donors (Lipinski definition) is 3. The minimum atomic E-state index is 0.